The van der Waals surface area contributed by atoms with Crippen LogP contribution in [0.4, 0.5) is 0 Å². The van der Waals surface area contributed by atoms with Crippen molar-refractivity contribution >= 4 is 11.9 Å². The zero-order chi connectivity index (χ0) is 5.82. The fraction of sp³-hybridized carbons (Fsp3) is 0.500. The van der Waals surface area contributed by atoms with E-state index in [1.807, 2.05) is 0 Å². The summed E-state index contributed by atoms with van der Waals surface area (Å²) in [4.78, 5) is 4.60. The van der Waals surface area contributed by atoms with Gasteiger partial charge in [0, 0.05) is 6.42 Å². The number of hydrogen-bond acceptors (Lipinski definition) is 4. The molecule has 0 atom stereocenters. The smallest absolute Gasteiger partial charge is 0.122 e. The Hall–Kier alpha value is -1.06. The molecule has 1 aliphatic heterocycles. The van der Waals surface area contributed by atoms with Gasteiger partial charge < -0.3 is 10.0 Å². The average Bonchev–Trinajstić information content (AvgIpc) is 2.19. The molecular weight excluding hydrogens is 108 g/mol. The summed E-state index contributed by atoms with van der Waals surface area (Å²) < 4.78 is 0. The second-order valence-corrected chi connectivity index (χ2v) is 1.41. The normalized spacial score (nSPS) is 18.8. The van der Waals surface area contributed by atoms with E-state index < -0.39 is 0 Å². The van der Waals surface area contributed by atoms with Gasteiger partial charge in [-0.05, 0) is 0 Å². The van der Waals surface area contributed by atoms with Crippen LogP contribution in [0, 0.1) is 0 Å². The third-order valence-corrected chi connectivity index (χ3v) is 0.838. The van der Waals surface area contributed by atoms with Crippen LogP contribution in [0.2, 0.25) is 0 Å². The van der Waals surface area contributed by atoms with E-state index in [2.05, 4.69) is 15.1 Å². The van der Waals surface area contributed by atoms with Gasteiger partial charge in [-0.15, -0.1) is 0 Å². The van der Waals surface area contributed by atoms with Crippen molar-refractivity contribution in [3.05, 3.63) is 0 Å². The first-order valence-corrected chi connectivity index (χ1v) is 2.30. The van der Waals surface area contributed by atoms with Crippen molar-refractivity contribution in [3.8, 4) is 0 Å². The van der Waals surface area contributed by atoms with Gasteiger partial charge in [0.05, 0.1) is 6.21 Å². The minimum Gasteiger partial charge on any atom is -0.411 e. The number of nitrogens with zero attached hydrogens (tertiary/aromatic N) is 2. The maximum Gasteiger partial charge on any atom is 0.122 e. The maximum atomic E-state index is 7.96. The largest absolute Gasteiger partial charge is 0.411 e. The predicted molar refractivity (Wildman–Crippen MR) is 28.3 cm³/mol. The van der Waals surface area contributed by atoms with Gasteiger partial charge in [0.1, 0.15) is 12.3 Å². The van der Waals surface area contributed by atoms with Crippen molar-refractivity contribution in [2.45, 2.75) is 6.42 Å². The van der Waals surface area contributed by atoms with Gasteiger partial charge in [-0.25, -0.2) is 0 Å². The van der Waals surface area contributed by atoms with Crippen LogP contribution in [0.1, 0.15) is 6.42 Å². The fourth-order valence-electron chi connectivity index (χ4n) is 0.479. The molecule has 0 unspecified atom stereocenters. The molecule has 4 nitrogen and oxygen atoms in total. The Morgan fingerprint density at radius 1 is 1.88 bits per heavy atom. The van der Waals surface area contributed by atoms with E-state index in [0.717, 1.165) is 6.42 Å². The molecular formula is C4H6N2O2. The molecule has 0 fully saturated rings. The Morgan fingerprint density at radius 3 is 3.25 bits per heavy atom. The van der Waals surface area contributed by atoms with Crippen molar-refractivity contribution in [2.75, 3.05) is 6.61 Å². The maximum absolute atomic E-state index is 7.96. The topological polar surface area (TPSA) is 54.2 Å². The molecule has 0 spiro atoms. The molecule has 1 N–H and O–H groups in total. The Balaban J connectivity index is 2.45. The lowest BCUT2D eigenvalue weighted by Crippen LogP contribution is -1.94. The van der Waals surface area contributed by atoms with Gasteiger partial charge in [0.25, 0.3) is 0 Å². The van der Waals surface area contributed by atoms with Crippen LogP contribution in [0.5, 0.6) is 0 Å². The van der Waals surface area contributed by atoms with Crippen molar-refractivity contribution in [2.24, 2.45) is 10.3 Å². The lowest BCUT2D eigenvalue weighted by Gasteiger charge is -1.76. The van der Waals surface area contributed by atoms with Crippen molar-refractivity contribution in [3.63, 3.8) is 0 Å². The predicted octanol–water partition coefficient (Wildman–Crippen LogP) is 0.223. The summed E-state index contributed by atoms with van der Waals surface area (Å²) in [6.45, 7) is 0.599. The second-order valence-electron chi connectivity index (χ2n) is 1.41. The van der Waals surface area contributed by atoms with Crippen LogP contribution in [0.15, 0.2) is 10.3 Å². The van der Waals surface area contributed by atoms with Gasteiger partial charge in [-0.2, -0.15) is 0 Å². The molecule has 0 aromatic heterocycles. The summed E-state index contributed by atoms with van der Waals surface area (Å²) >= 11 is 0. The van der Waals surface area contributed by atoms with E-state index in [1.165, 1.54) is 6.21 Å². The summed E-state index contributed by atoms with van der Waals surface area (Å²) in [5, 5.41) is 14.3. The molecule has 4 heteroatoms. The quantitative estimate of drug-likeness (QED) is 0.301. The monoisotopic (exact) mass is 114 g/mol. The minimum absolute atomic E-state index is 0.599. The van der Waals surface area contributed by atoms with Gasteiger partial charge in [0.2, 0.25) is 0 Å². The highest BCUT2D eigenvalue weighted by Gasteiger charge is 2.03. The summed E-state index contributed by atoms with van der Waals surface area (Å²) in [7, 11) is 0. The summed E-state index contributed by atoms with van der Waals surface area (Å²) in [6.07, 6.45) is 2.01. The summed E-state index contributed by atoms with van der Waals surface area (Å²) in [5.74, 6) is 0. The molecule has 0 bridgehead atoms. The van der Waals surface area contributed by atoms with Gasteiger partial charge in [-0.1, -0.05) is 10.3 Å². The standard InChI is InChI=1S/C4H6N2O2/c7-5-3-4-1-2-8-6-4/h3,7H,1-2H2/b5-3+. The third-order valence-electron chi connectivity index (χ3n) is 0.838. The lowest BCUT2D eigenvalue weighted by atomic mass is 10.3. The molecule has 1 heterocycles. The SMILES string of the molecule is O/N=C/C1=NOCC1. The van der Waals surface area contributed by atoms with Crippen LogP contribution in [0.25, 0.3) is 0 Å². The number of rotatable bonds is 1. The molecule has 1 rings (SSSR count). The number of oxime groups is 2. The van der Waals surface area contributed by atoms with Gasteiger partial charge in [0.15, 0.2) is 0 Å². The van der Waals surface area contributed by atoms with Gasteiger partial charge in [-0.3, -0.25) is 0 Å². The van der Waals surface area contributed by atoms with Crippen LogP contribution in [0.3, 0.4) is 0 Å². The van der Waals surface area contributed by atoms with E-state index in [9.17, 15) is 0 Å². The number of hydrogen-bond donors (Lipinski definition) is 1. The highest BCUT2D eigenvalue weighted by atomic mass is 16.6. The van der Waals surface area contributed by atoms with E-state index >= 15 is 0 Å². The lowest BCUT2D eigenvalue weighted by molar-refractivity contribution is 0.174. The highest BCUT2D eigenvalue weighted by molar-refractivity contribution is 6.30. The second kappa shape index (κ2) is 2.30. The molecule has 44 valence electrons. The Labute approximate surface area is 46.4 Å². The first-order chi connectivity index (χ1) is 3.93. The first kappa shape index (κ1) is 5.08. The zero-order valence-corrected chi connectivity index (χ0v) is 4.24. The Kier molecular flexibility index (Phi) is 1.46. The minimum atomic E-state index is 0.599. The van der Waals surface area contributed by atoms with E-state index in [1.54, 1.807) is 0 Å². The third kappa shape index (κ3) is 0.959. The molecule has 0 aromatic rings. The summed E-state index contributed by atoms with van der Waals surface area (Å²) in [6, 6.07) is 0. The summed E-state index contributed by atoms with van der Waals surface area (Å²) in [5.41, 5.74) is 0.688. The van der Waals surface area contributed by atoms with Crippen molar-refractivity contribution in [1.82, 2.24) is 0 Å². The van der Waals surface area contributed by atoms with Crippen LogP contribution in [-0.4, -0.2) is 23.7 Å². The molecule has 0 radical (unpaired) electrons. The van der Waals surface area contributed by atoms with Crippen LogP contribution >= 0.6 is 0 Å². The fourth-order valence-corrected chi connectivity index (χ4v) is 0.479. The van der Waals surface area contributed by atoms with Crippen molar-refractivity contribution in [1.29, 1.82) is 0 Å². The molecule has 1 aliphatic rings. The zero-order valence-electron chi connectivity index (χ0n) is 4.24. The molecule has 0 aliphatic carbocycles. The Bertz CT molecular complexity index is 130. The molecule has 8 heavy (non-hydrogen) atoms. The Morgan fingerprint density at radius 2 is 2.75 bits per heavy atom. The van der Waals surface area contributed by atoms with E-state index in [4.69, 9.17) is 5.21 Å². The van der Waals surface area contributed by atoms with Crippen molar-refractivity contribution < 1.29 is 10.0 Å². The van der Waals surface area contributed by atoms with E-state index in [0.29, 0.717) is 12.3 Å². The highest BCUT2D eigenvalue weighted by Crippen LogP contribution is 1.96. The molecule has 0 amide bonds. The molecule has 0 aromatic carbocycles. The average molecular weight is 114 g/mol. The molecule has 0 saturated carbocycles. The first-order valence-electron chi connectivity index (χ1n) is 2.30. The van der Waals surface area contributed by atoms with Crippen LogP contribution in [-0.2, 0) is 4.84 Å². The van der Waals surface area contributed by atoms with Gasteiger partial charge >= 0.3 is 0 Å². The van der Waals surface area contributed by atoms with E-state index in [-0.39, 0.29) is 0 Å². The molecule has 0 saturated heterocycles. The van der Waals surface area contributed by atoms with Crippen LogP contribution < -0.4 is 0 Å².